The van der Waals surface area contributed by atoms with E-state index in [1.807, 2.05) is 0 Å². The number of carboxylic acid groups (broad SMARTS) is 1. The van der Waals surface area contributed by atoms with Crippen molar-refractivity contribution in [2.45, 2.75) is 36.8 Å². The standard InChI is InChI=1S/C21H23F3N2O3S/c1-29-18-9-6-14(20(27)28)12-19(18)30-25-16-13-15(21(22,23)24)7-8-17(16)26-10-4-2-3-5-11-26/h6-9,12-13,25H,2-5,10-11H2,1H3,(H,27,28). The Morgan fingerprint density at radius 1 is 1.10 bits per heavy atom. The SMILES string of the molecule is COc1ccc(C(=O)O)cc1SNc1cc(C(F)(F)F)ccc1N1CCCCCC1. The molecule has 30 heavy (non-hydrogen) atoms. The molecule has 2 N–H and O–H groups in total. The first-order valence-electron chi connectivity index (χ1n) is 9.60. The predicted octanol–water partition coefficient (Wildman–Crippen LogP) is 5.91. The molecule has 0 saturated carbocycles. The molecule has 0 amide bonds. The first-order valence-corrected chi connectivity index (χ1v) is 10.4. The molecule has 1 aliphatic heterocycles. The molecule has 1 fully saturated rings. The molecule has 2 aromatic carbocycles. The Kier molecular flexibility index (Phi) is 7.02. The highest BCUT2D eigenvalue weighted by Crippen LogP contribution is 2.39. The second-order valence-electron chi connectivity index (χ2n) is 7.01. The molecule has 1 saturated heterocycles. The second-order valence-corrected chi connectivity index (χ2v) is 7.85. The van der Waals surface area contributed by atoms with Gasteiger partial charge in [-0.2, -0.15) is 13.2 Å². The van der Waals surface area contributed by atoms with Crippen LogP contribution in [0.25, 0.3) is 0 Å². The van der Waals surface area contributed by atoms with Crippen LogP contribution < -0.4 is 14.4 Å². The van der Waals surface area contributed by atoms with Crippen LogP contribution in [0.3, 0.4) is 0 Å². The van der Waals surface area contributed by atoms with E-state index < -0.39 is 17.7 Å². The van der Waals surface area contributed by atoms with Crippen LogP contribution >= 0.6 is 11.9 Å². The van der Waals surface area contributed by atoms with Gasteiger partial charge in [-0.05, 0) is 61.2 Å². The molecule has 9 heteroatoms. The summed E-state index contributed by atoms with van der Waals surface area (Å²) >= 11 is 1.03. The van der Waals surface area contributed by atoms with E-state index in [4.69, 9.17) is 4.74 Å². The van der Waals surface area contributed by atoms with Gasteiger partial charge < -0.3 is 19.5 Å². The van der Waals surface area contributed by atoms with Crippen LogP contribution in [0, 0.1) is 0 Å². The van der Waals surface area contributed by atoms with Gasteiger partial charge in [0.25, 0.3) is 0 Å². The van der Waals surface area contributed by atoms with Crippen molar-refractivity contribution in [2.24, 2.45) is 0 Å². The number of carbonyl (C=O) groups is 1. The fourth-order valence-corrected chi connectivity index (χ4v) is 4.20. The number of anilines is 2. The number of ether oxygens (including phenoxy) is 1. The van der Waals surface area contributed by atoms with Gasteiger partial charge in [0.05, 0.1) is 34.5 Å². The van der Waals surface area contributed by atoms with Gasteiger partial charge in [-0.1, -0.05) is 12.8 Å². The predicted molar refractivity (Wildman–Crippen MR) is 112 cm³/mol. The highest BCUT2D eigenvalue weighted by Gasteiger charge is 2.31. The van der Waals surface area contributed by atoms with E-state index in [-0.39, 0.29) is 5.56 Å². The highest BCUT2D eigenvalue weighted by atomic mass is 32.2. The third kappa shape index (κ3) is 5.33. The molecule has 0 unspecified atom stereocenters. The molecule has 3 rings (SSSR count). The number of nitrogens with zero attached hydrogens (tertiary/aromatic N) is 1. The minimum Gasteiger partial charge on any atom is -0.496 e. The molecule has 2 aromatic rings. The summed E-state index contributed by atoms with van der Waals surface area (Å²) in [5.41, 5.74) is 0.359. The molecule has 0 spiro atoms. The summed E-state index contributed by atoms with van der Waals surface area (Å²) in [6.45, 7) is 1.56. The van der Waals surface area contributed by atoms with Gasteiger partial charge in [0.15, 0.2) is 0 Å². The van der Waals surface area contributed by atoms with Crippen molar-refractivity contribution in [3.8, 4) is 5.75 Å². The summed E-state index contributed by atoms with van der Waals surface area (Å²) in [6.07, 6.45) is -0.273. The molecular weight excluding hydrogens is 417 g/mol. The highest BCUT2D eigenvalue weighted by molar-refractivity contribution is 8.00. The number of hydrogen-bond donors (Lipinski definition) is 2. The van der Waals surface area contributed by atoms with Crippen LogP contribution in [-0.4, -0.2) is 31.3 Å². The van der Waals surface area contributed by atoms with Crippen LogP contribution in [0.15, 0.2) is 41.3 Å². The lowest BCUT2D eigenvalue weighted by Gasteiger charge is -2.26. The molecule has 0 aliphatic carbocycles. The third-order valence-electron chi connectivity index (χ3n) is 4.95. The molecule has 162 valence electrons. The van der Waals surface area contributed by atoms with E-state index in [1.54, 1.807) is 0 Å². The molecular formula is C21H23F3N2O3S. The summed E-state index contributed by atoms with van der Waals surface area (Å²) in [5.74, 6) is -0.662. The third-order valence-corrected chi connectivity index (χ3v) is 5.81. The fraction of sp³-hybridized carbons (Fsp3) is 0.381. The van der Waals surface area contributed by atoms with Crippen LogP contribution in [-0.2, 0) is 6.18 Å². The number of alkyl halides is 3. The van der Waals surface area contributed by atoms with Gasteiger partial charge in [-0.3, -0.25) is 0 Å². The lowest BCUT2D eigenvalue weighted by molar-refractivity contribution is -0.137. The topological polar surface area (TPSA) is 61.8 Å². The van der Waals surface area contributed by atoms with Crippen molar-refractivity contribution in [3.05, 3.63) is 47.5 Å². The normalized spacial score (nSPS) is 14.9. The maximum absolute atomic E-state index is 13.3. The number of aromatic carboxylic acids is 1. The second kappa shape index (κ2) is 9.51. The maximum atomic E-state index is 13.3. The fourth-order valence-electron chi connectivity index (χ4n) is 3.38. The summed E-state index contributed by atoms with van der Waals surface area (Å²) in [6, 6.07) is 8.07. The average molecular weight is 440 g/mol. The number of hydrogen-bond acceptors (Lipinski definition) is 5. The quantitative estimate of drug-likeness (QED) is 0.545. The number of nitrogens with one attached hydrogen (secondary N) is 1. The molecule has 5 nitrogen and oxygen atoms in total. The van der Waals surface area contributed by atoms with Crippen LogP contribution in [0.4, 0.5) is 24.5 Å². The monoisotopic (exact) mass is 440 g/mol. The van der Waals surface area contributed by atoms with E-state index in [0.717, 1.165) is 62.9 Å². The molecule has 0 bridgehead atoms. The smallest absolute Gasteiger partial charge is 0.416 e. The molecule has 0 atom stereocenters. The first-order chi connectivity index (χ1) is 14.3. The van der Waals surface area contributed by atoms with E-state index in [9.17, 15) is 23.1 Å². The van der Waals surface area contributed by atoms with Crippen LogP contribution in [0.1, 0.15) is 41.6 Å². The Morgan fingerprint density at radius 2 is 1.80 bits per heavy atom. The number of carboxylic acids is 1. The van der Waals surface area contributed by atoms with Gasteiger partial charge in [-0.25, -0.2) is 4.79 Å². The van der Waals surface area contributed by atoms with Crippen molar-refractivity contribution in [1.82, 2.24) is 0 Å². The summed E-state index contributed by atoms with van der Waals surface area (Å²) in [5, 5.41) is 9.22. The lowest BCUT2D eigenvalue weighted by atomic mass is 10.1. The number of rotatable bonds is 6. The van der Waals surface area contributed by atoms with Crippen LogP contribution in [0.2, 0.25) is 0 Å². The number of benzene rings is 2. The van der Waals surface area contributed by atoms with E-state index in [2.05, 4.69) is 9.62 Å². The lowest BCUT2D eigenvalue weighted by Crippen LogP contribution is -2.24. The Morgan fingerprint density at radius 3 is 2.40 bits per heavy atom. The summed E-state index contributed by atoms with van der Waals surface area (Å²) in [7, 11) is 1.45. The zero-order chi connectivity index (χ0) is 21.7. The summed E-state index contributed by atoms with van der Waals surface area (Å²) in [4.78, 5) is 13.8. The maximum Gasteiger partial charge on any atom is 0.416 e. The van der Waals surface area contributed by atoms with Crippen molar-refractivity contribution in [2.75, 3.05) is 29.8 Å². The largest absolute Gasteiger partial charge is 0.496 e. The van der Waals surface area contributed by atoms with Crippen molar-refractivity contribution >= 4 is 29.3 Å². The van der Waals surface area contributed by atoms with Gasteiger partial charge in [-0.15, -0.1) is 0 Å². The molecule has 1 aliphatic rings. The minimum absolute atomic E-state index is 0.0666. The Hall–Kier alpha value is -2.55. The number of halogens is 3. The van der Waals surface area contributed by atoms with E-state index in [0.29, 0.717) is 22.0 Å². The zero-order valence-corrected chi connectivity index (χ0v) is 17.3. The Bertz CT molecular complexity index is 898. The molecule has 0 aromatic heterocycles. The van der Waals surface area contributed by atoms with E-state index in [1.165, 1.54) is 31.4 Å². The molecule has 1 heterocycles. The van der Waals surface area contributed by atoms with Crippen LogP contribution in [0.5, 0.6) is 5.75 Å². The Labute approximate surface area is 177 Å². The first kappa shape index (κ1) is 22.1. The number of methoxy groups -OCH3 is 1. The van der Waals surface area contributed by atoms with Gasteiger partial charge in [0.1, 0.15) is 5.75 Å². The van der Waals surface area contributed by atoms with E-state index >= 15 is 0 Å². The van der Waals surface area contributed by atoms with Gasteiger partial charge >= 0.3 is 12.1 Å². The van der Waals surface area contributed by atoms with Crippen molar-refractivity contribution < 1.29 is 27.8 Å². The molecule has 0 radical (unpaired) electrons. The Balaban J connectivity index is 1.93. The van der Waals surface area contributed by atoms with Gasteiger partial charge in [0.2, 0.25) is 0 Å². The van der Waals surface area contributed by atoms with Crippen molar-refractivity contribution in [1.29, 1.82) is 0 Å². The zero-order valence-electron chi connectivity index (χ0n) is 16.5. The van der Waals surface area contributed by atoms with Crippen molar-refractivity contribution in [3.63, 3.8) is 0 Å². The van der Waals surface area contributed by atoms with Gasteiger partial charge in [0, 0.05) is 13.1 Å². The minimum atomic E-state index is -4.46. The average Bonchev–Trinajstić information content (AvgIpc) is 3.00. The summed E-state index contributed by atoms with van der Waals surface area (Å²) < 4.78 is 48.2.